The number of carbonyl (C=O) groups is 1. The molecule has 1 saturated carbocycles. The van der Waals surface area contributed by atoms with E-state index in [0.717, 1.165) is 25.8 Å². The lowest BCUT2D eigenvalue weighted by Crippen LogP contribution is -2.46. The van der Waals surface area contributed by atoms with Crippen LogP contribution in [0, 0.1) is 0 Å². The van der Waals surface area contributed by atoms with Crippen LogP contribution in [0.3, 0.4) is 0 Å². The SMILES string of the molecule is CN(C)c1ccc([C@H](CNC(=O)NC2CCCCC2)N2CCc3ccccc32)cc1. The molecule has 1 atom stereocenters. The molecule has 0 saturated heterocycles. The minimum absolute atomic E-state index is 0.0377. The third-order valence-electron chi connectivity index (χ3n) is 6.49. The third-order valence-corrected chi connectivity index (χ3v) is 6.49. The van der Waals surface area contributed by atoms with Gasteiger partial charge in [0, 0.05) is 44.6 Å². The van der Waals surface area contributed by atoms with Crippen LogP contribution in [0.2, 0.25) is 0 Å². The Morgan fingerprint density at radius 1 is 1.07 bits per heavy atom. The van der Waals surface area contributed by atoms with E-state index in [2.05, 4.69) is 83.1 Å². The van der Waals surface area contributed by atoms with Crippen molar-refractivity contribution < 1.29 is 4.79 Å². The van der Waals surface area contributed by atoms with Gasteiger partial charge in [-0.3, -0.25) is 0 Å². The summed E-state index contributed by atoms with van der Waals surface area (Å²) in [4.78, 5) is 17.2. The second kappa shape index (κ2) is 9.41. The van der Waals surface area contributed by atoms with Gasteiger partial charge < -0.3 is 20.4 Å². The summed E-state index contributed by atoms with van der Waals surface area (Å²) in [6.07, 6.45) is 6.98. The van der Waals surface area contributed by atoms with Gasteiger partial charge in [0.1, 0.15) is 0 Å². The van der Waals surface area contributed by atoms with Gasteiger partial charge >= 0.3 is 6.03 Å². The highest BCUT2D eigenvalue weighted by Gasteiger charge is 2.27. The van der Waals surface area contributed by atoms with Gasteiger partial charge in [-0.15, -0.1) is 0 Å². The maximum atomic E-state index is 12.6. The summed E-state index contributed by atoms with van der Waals surface area (Å²) in [5, 5.41) is 6.36. The van der Waals surface area contributed by atoms with Crippen molar-refractivity contribution in [1.29, 1.82) is 0 Å². The highest BCUT2D eigenvalue weighted by molar-refractivity contribution is 5.74. The lowest BCUT2D eigenvalue weighted by Gasteiger charge is -2.32. The van der Waals surface area contributed by atoms with E-state index in [-0.39, 0.29) is 12.1 Å². The lowest BCUT2D eigenvalue weighted by molar-refractivity contribution is 0.232. The Morgan fingerprint density at radius 3 is 2.53 bits per heavy atom. The summed E-state index contributed by atoms with van der Waals surface area (Å²) < 4.78 is 0. The molecule has 2 aliphatic rings. The summed E-state index contributed by atoms with van der Waals surface area (Å²) in [6, 6.07) is 17.7. The number of hydrogen-bond donors (Lipinski definition) is 2. The fourth-order valence-corrected chi connectivity index (χ4v) is 4.76. The predicted molar refractivity (Wildman–Crippen MR) is 124 cm³/mol. The summed E-state index contributed by atoms with van der Waals surface area (Å²) >= 11 is 0. The zero-order valence-corrected chi connectivity index (χ0v) is 18.2. The number of nitrogens with one attached hydrogen (secondary N) is 2. The minimum Gasteiger partial charge on any atom is -0.378 e. The molecule has 1 heterocycles. The average Bonchev–Trinajstić information content (AvgIpc) is 3.19. The maximum Gasteiger partial charge on any atom is 0.315 e. The first-order valence-electron chi connectivity index (χ1n) is 11.3. The van der Waals surface area contributed by atoms with Crippen molar-refractivity contribution in [3.63, 3.8) is 0 Å². The zero-order valence-electron chi connectivity index (χ0n) is 18.2. The monoisotopic (exact) mass is 406 g/mol. The van der Waals surface area contributed by atoms with Crippen molar-refractivity contribution in [3.05, 3.63) is 59.7 Å². The number of hydrogen-bond acceptors (Lipinski definition) is 3. The highest BCUT2D eigenvalue weighted by Crippen LogP contribution is 2.35. The van der Waals surface area contributed by atoms with Crippen LogP contribution in [0.5, 0.6) is 0 Å². The summed E-state index contributed by atoms with van der Waals surface area (Å²) in [5.74, 6) is 0. The Hall–Kier alpha value is -2.69. The largest absolute Gasteiger partial charge is 0.378 e. The molecule has 0 spiro atoms. The topological polar surface area (TPSA) is 47.6 Å². The van der Waals surface area contributed by atoms with Crippen molar-refractivity contribution in [1.82, 2.24) is 10.6 Å². The first kappa shape index (κ1) is 20.6. The van der Waals surface area contributed by atoms with Gasteiger partial charge in [-0.2, -0.15) is 0 Å². The molecular formula is C25H34N4O. The Bertz CT molecular complexity index is 842. The van der Waals surface area contributed by atoms with Crippen LogP contribution in [-0.2, 0) is 6.42 Å². The average molecular weight is 407 g/mol. The van der Waals surface area contributed by atoms with E-state index in [1.807, 2.05) is 0 Å². The van der Waals surface area contributed by atoms with Crippen molar-refractivity contribution in [2.75, 3.05) is 37.0 Å². The molecule has 1 fully saturated rings. The van der Waals surface area contributed by atoms with Crippen LogP contribution in [0.25, 0.3) is 0 Å². The number of urea groups is 1. The second-order valence-electron chi connectivity index (χ2n) is 8.76. The first-order chi connectivity index (χ1) is 14.6. The molecule has 2 amide bonds. The van der Waals surface area contributed by atoms with E-state index in [9.17, 15) is 4.79 Å². The van der Waals surface area contributed by atoms with Crippen LogP contribution in [0.1, 0.15) is 49.3 Å². The van der Waals surface area contributed by atoms with E-state index in [1.165, 1.54) is 41.8 Å². The number of para-hydroxylation sites is 1. The molecule has 0 radical (unpaired) electrons. The number of amides is 2. The molecule has 2 aromatic carbocycles. The molecule has 5 heteroatoms. The minimum atomic E-state index is -0.0377. The lowest BCUT2D eigenvalue weighted by atomic mass is 9.96. The number of nitrogens with zero attached hydrogens (tertiary/aromatic N) is 2. The molecule has 0 unspecified atom stereocenters. The van der Waals surface area contributed by atoms with E-state index in [0.29, 0.717) is 12.6 Å². The standard InChI is InChI=1S/C25H34N4O/c1-28(2)22-14-12-20(13-15-22)24(29-17-16-19-8-6-7-11-23(19)29)18-26-25(30)27-21-9-4-3-5-10-21/h6-8,11-15,21,24H,3-5,9-10,16-18H2,1-2H3,(H2,26,27,30)/t24-/m0/s1. The Labute approximate surface area is 180 Å². The molecule has 0 bridgehead atoms. The Morgan fingerprint density at radius 2 is 1.80 bits per heavy atom. The zero-order chi connectivity index (χ0) is 20.9. The summed E-state index contributed by atoms with van der Waals surface area (Å²) in [7, 11) is 4.11. The molecule has 5 nitrogen and oxygen atoms in total. The van der Waals surface area contributed by atoms with Crippen LogP contribution in [0.4, 0.5) is 16.2 Å². The van der Waals surface area contributed by atoms with E-state index < -0.39 is 0 Å². The number of rotatable bonds is 6. The van der Waals surface area contributed by atoms with Gasteiger partial charge in [-0.25, -0.2) is 4.79 Å². The van der Waals surface area contributed by atoms with Crippen LogP contribution < -0.4 is 20.4 Å². The number of fused-ring (bicyclic) bond motifs is 1. The summed E-state index contributed by atoms with van der Waals surface area (Å²) in [6.45, 7) is 1.57. The fourth-order valence-electron chi connectivity index (χ4n) is 4.76. The molecule has 1 aliphatic carbocycles. The molecule has 0 aromatic heterocycles. The van der Waals surface area contributed by atoms with E-state index in [1.54, 1.807) is 0 Å². The molecule has 30 heavy (non-hydrogen) atoms. The third kappa shape index (κ3) is 4.72. The molecule has 2 N–H and O–H groups in total. The van der Waals surface area contributed by atoms with Gasteiger partial charge in [0.2, 0.25) is 0 Å². The summed E-state index contributed by atoms with van der Waals surface area (Å²) in [5.41, 5.74) is 5.09. The highest BCUT2D eigenvalue weighted by atomic mass is 16.2. The normalized spacial score (nSPS) is 17.3. The van der Waals surface area contributed by atoms with E-state index >= 15 is 0 Å². The van der Waals surface area contributed by atoms with Crippen molar-refractivity contribution in [2.24, 2.45) is 0 Å². The Balaban J connectivity index is 1.49. The number of anilines is 2. The van der Waals surface area contributed by atoms with Gasteiger partial charge in [0.05, 0.1) is 6.04 Å². The molecule has 160 valence electrons. The van der Waals surface area contributed by atoms with Gasteiger partial charge in [-0.1, -0.05) is 49.6 Å². The van der Waals surface area contributed by atoms with Gasteiger partial charge in [0.15, 0.2) is 0 Å². The van der Waals surface area contributed by atoms with Crippen LogP contribution >= 0.6 is 0 Å². The number of benzene rings is 2. The van der Waals surface area contributed by atoms with Gasteiger partial charge in [-0.05, 0) is 48.6 Å². The fraction of sp³-hybridized carbons (Fsp3) is 0.480. The molecule has 1 aliphatic heterocycles. The number of carbonyl (C=O) groups excluding carboxylic acids is 1. The van der Waals surface area contributed by atoms with E-state index in [4.69, 9.17) is 0 Å². The molecule has 2 aromatic rings. The smallest absolute Gasteiger partial charge is 0.315 e. The maximum absolute atomic E-state index is 12.6. The van der Waals surface area contributed by atoms with Crippen LogP contribution in [0.15, 0.2) is 48.5 Å². The molecule has 4 rings (SSSR count). The Kier molecular flexibility index (Phi) is 6.46. The van der Waals surface area contributed by atoms with Crippen molar-refractivity contribution in [2.45, 2.75) is 50.6 Å². The van der Waals surface area contributed by atoms with Crippen molar-refractivity contribution >= 4 is 17.4 Å². The quantitative estimate of drug-likeness (QED) is 0.743. The van der Waals surface area contributed by atoms with Crippen molar-refractivity contribution in [3.8, 4) is 0 Å². The predicted octanol–water partition coefficient (Wildman–Crippen LogP) is 4.49. The second-order valence-corrected chi connectivity index (χ2v) is 8.76. The van der Waals surface area contributed by atoms with Crippen LogP contribution in [-0.4, -0.2) is 39.3 Å². The molecular weight excluding hydrogens is 372 g/mol. The van der Waals surface area contributed by atoms with Gasteiger partial charge in [0.25, 0.3) is 0 Å². The first-order valence-corrected chi connectivity index (χ1v) is 11.3.